The zero-order chi connectivity index (χ0) is 19.0. The van der Waals surface area contributed by atoms with Crippen molar-refractivity contribution in [1.29, 1.82) is 0 Å². The van der Waals surface area contributed by atoms with Crippen LogP contribution in [0.1, 0.15) is 32.8 Å². The van der Waals surface area contributed by atoms with Crippen LogP contribution in [-0.2, 0) is 22.9 Å². The van der Waals surface area contributed by atoms with E-state index in [0.717, 1.165) is 35.9 Å². The van der Waals surface area contributed by atoms with E-state index < -0.39 is 10.0 Å². The topological polar surface area (TPSA) is 59.1 Å². The summed E-state index contributed by atoms with van der Waals surface area (Å²) in [6.45, 7) is 2.11. The van der Waals surface area contributed by atoms with E-state index in [1.165, 1.54) is 21.6 Å². The summed E-state index contributed by atoms with van der Waals surface area (Å²) in [5, 5.41) is 0. The Balaban J connectivity index is 1.85. The van der Waals surface area contributed by atoms with Crippen LogP contribution in [0.25, 0.3) is 11.6 Å². The van der Waals surface area contributed by atoms with Gasteiger partial charge in [-0.25, -0.2) is 13.4 Å². The highest BCUT2D eigenvalue weighted by Crippen LogP contribution is 2.37. The van der Waals surface area contributed by atoms with Crippen molar-refractivity contribution < 1.29 is 8.42 Å². The molecule has 4 nitrogen and oxygen atoms in total. The number of aryl methyl sites for hydroxylation is 3. The molecule has 0 aliphatic heterocycles. The molecule has 0 amide bonds. The van der Waals surface area contributed by atoms with Crippen LogP contribution in [0.5, 0.6) is 0 Å². The van der Waals surface area contributed by atoms with Gasteiger partial charge in [-0.3, -0.25) is 4.72 Å². The van der Waals surface area contributed by atoms with Gasteiger partial charge < -0.3 is 0 Å². The SMILES string of the molecule is Cc1ccc2c(c1)CCc1ncsc1C2=Cc1cccc(NS(C)(=O)=O)c1. The zero-order valence-corrected chi connectivity index (χ0v) is 16.8. The monoisotopic (exact) mass is 396 g/mol. The second-order valence-electron chi connectivity index (χ2n) is 6.85. The maximum atomic E-state index is 11.5. The summed E-state index contributed by atoms with van der Waals surface area (Å²) in [7, 11) is -3.30. The van der Waals surface area contributed by atoms with Crippen LogP contribution in [0.3, 0.4) is 0 Å². The quantitative estimate of drug-likeness (QED) is 0.709. The van der Waals surface area contributed by atoms with Gasteiger partial charge >= 0.3 is 0 Å². The molecule has 0 bridgehead atoms. The number of thiazole rings is 1. The number of anilines is 1. The van der Waals surface area contributed by atoms with Crippen molar-refractivity contribution in [3.63, 3.8) is 0 Å². The minimum atomic E-state index is -3.30. The van der Waals surface area contributed by atoms with Crippen molar-refractivity contribution in [3.8, 4) is 0 Å². The number of hydrogen-bond donors (Lipinski definition) is 1. The van der Waals surface area contributed by atoms with E-state index in [4.69, 9.17) is 0 Å². The number of aromatic nitrogens is 1. The lowest BCUT2D eigenvalue weighted by atomic mass is 9.95. The first-order valence-electron chi connectivity index (χ1n) is 8.71. The predicted octanol–water partition coefficient (Wildman–Crippen LogP) is 4.51. The molecular formula is C21H20N2O2S2. The fourth-order valence-electron chi connectivity index (χ4n) is 3.45. The van der Waals surface area contributed by atoms with E-state index in [1.807, 2.05) is 23.7 Å². The molecule has 0 fully saturated rings. The summed E-state index contributed by atoms with van der Waals surface area (Å²) < 4.78 is 25.6. The van der Waals surface area contributed by atoms with Crippen LogP contribution in [-0.4, -0.2) is 19.7 Å². The molecule has 0 unspecified atom stereocenters. The van der Waals surface area contributed by atoms with Gasteiger partial charge in [0.2, 0.25) is 10.0 Å². The van der Waals surface area contributed by atoms with Crippen molar-refractivity contribution in [3.05, 3.63) is 80.8 Å². The molecule has 1 heterocycles. The van der Waals surface area contributed by atoms with Gasteiger partial charge in [0.15, 0.2) is 0 Å². The van der Waals surface area contributed by atoms with Gasteiger partial charge in [-0.2, -0.15) is 0 Å². The van der Waals surface area contributed by atoms with Crippen LogP contribution >= 0.6 is 11.3 Å². The normalized spacial score (nSPS) is 15.1. The predicted molar refractivity (Wildman–Crippen MR) is 113 cm³/mol. The zero-order valence-electron chi connectivity index (χ0n) is 15.2. The Labute approximate surface area is 163 Å². The Bertz CT molecular complexity index is 1140. The van der Waals surface area contributed by atoms with Crippen molar-refractivity contribution in [2.45, 2.75) is 19.8 Å². The van der Waals surface area contributed by atoms with E-state index in [9.17, 15) is 8.42 Å². The Morgan fingerprint density at radius 3 is 2.81 bits per heavy atom. The fraction of sp³-hybridized carbons (Fsp3) is 0.190. The summed E-state index contributed by atoms with van der Waals surface area (Å²) in [5.41, 5.74) is 9.51. The van der Waals surface area contributed by atoms with Gasteiger partial charge in [0.05, 0.1) is 22.3 Å². The van der Waals surface area contributed by atoms with Crippen molar-refractivity contribution in [2.75, 3.05) is 11.0 Å². The van der Waals surface area contributed by atoms with Gasteiger partial charge in [0, 0.05) is 11.3 Å². The van der Waals surface area contributed by atoms with E-state index >= 15 is 0 Å². The highest BCUT2D eigenvalue weighted by molar-refractivity contribution is 7.92. The molecular weight excluding hydrogens is 376 g/mol. The first kappa shape index (κ1) is 17.9. The lowest BCUT2D eigenvalue weighted by Gasteiger charge is -2.11. The number of benzene rings is 2. The molecule has 1 aromatic heterocycles. The van der Waals surface area contributed by atoms with Crippen molar-refractivity contribution >= 4 is 38.7 Å². The summed E-state index contributed by atoms with van der Waals surface area (Å²) in [4.78, 5) is 5.76. The van der Waals surface area contributed by atoms with Gasteiger partial charge in [-0.15, -0.1) is 11.3 Å². The summed E-state index contributed by atoms with van der Waals surface area (Å²) in [6, 6.07) is 14.0. The van der Waals surface area contributed by atoms with Gasteiger partial charge in [0.1, 0.15) is 0 Å². The van der Waals surface area contributed by atoms with E-state index in [0.29, 0.717) is 5.69 Å². The molecule has 1 aliphatic carbocycles. The molecule has 6 heteroatoms. The smallest absolute Gasteiger partial charge is 0.229 e. The standard InChI is InChI=1S/C21H20N2O2S2/c1-14-6-8-18-16(10-14)7-9-20-21(26-13-22-20)19(18)12-15-4-3-5-17(11-15)23-27(2,24)25/h3-6,8,10-13,23H,7,9H2,1-2H3. The molecule has 2 aromatic carbocycles. The van der Waals surface area contributed by atoms with Gasteiger partial charge in [-0.05, 0) is 54.7 Å². The molecule has 0 saturated heterocycles. The van der Waals surface area contributed by atoms with Crippen LogP contribution in [0.2, 0.25) is 0 Å². The van der Waals surface area contributed by atoms with Crippen LogP contribution < -0.4 is 4.72 Å². The minimum absolute atomic E-state index is 0.564. The number of hydrogen-bond acceptors (Lipinski definition) is 4. The van der Waals surface area contributed by atoms with E-state index in [1.54, 1.807) is 17.4 Å². The molecule has 138 valence electrons. The Kier molecular flexibility index (Phi) is 4.61. The molecule has 27 heavy (non-hydrogen) atoms. The largest absolute Gasteiger partial charge is 0.284 e. The molecule has 1 N–H and O–H groups in total. The number of nitrogens with zero attached hydrogens (tertiary/aromatic N) is 1. The van der Waals surface area contributed by atoms with Gasteiger partial charge in [-0.1, -0.05) is 35.9 Å². The average Bonchev–Trinajstić information content (AvgIpc) is 3.00. The third-order valence-electron chi connectivity index (χ3n) is 4.57. The maximum absolute atomic E-state index is 11.5. The van der Waals surface area contributed by atoms with Crippen LogP contribution in [0.15, 0.2) is 48.0 Å². The van der Waals surface area contributed by atoms with Crippen LogP contribution in [0, 0.1) is 6.92 Å². The maximum Gasteiger partial charge on any atom is 0.229 e. The lowest BCUT2D eigenvalue weighted by Crippen LogP contribution is -2.09. The number of nitrogens with one attached hydrogen (secondary N) is 1. The Morgan fingerprint density at radius 1 is 1.15 bits per heavy atom. The molecule has 0 radical (unpaired) electrons. The molecule has 1 aliphatic rings. The lowest BCUT2D eigenvalue weighted by molar-refractivity contribution is 0.607. The summed E-state index contributed by atoms with van der Waals surface area (Å²) >= 11 is 1.66. The average molecular weight is 397 g/mol. The third-order valence-corrected chi connectivity index (χ3v) is 6.08. The molecule has 0 atom stereocenters. The number of rotatable bonds is 3. The van der Waals surface area contributed by atoms with E-state index in [-0.39, 0.29) is 0 Å². The molecule has 4 rings (SSSR count). The molecule has 0 spiro atoms. The molecule has 3 aromatic rings. The second kappa shape index (κ2) is 6.94. The number of sulfonamides is 1. The second-order valence-corrected chi connectivity index (χ2v) is 9.45. The first-order valence-corrected chi connectivity index (χ1v) is 11.5. The van der Waals surface area contributed by atoms with Gasteiger partial charge in [0.25, 0.3) is 0 Å². The Morgan fingerprint density at radius 2 is 2.00 bits per heavy atom. The van der Waals surface area contributed by atoms with Crippen LogP contribution in [0.4, 0.5) is 5.69 Å². The van der Waals surface area contributed by atoms with Crippen molar-refractivity contribution in [2.24, 2.45) is 0 Å². The third kappa shape index (κ3) is 3.96. The summed E-state index contributed by atoms with van der Waals surface area (Å²) in [6.07, 6.45) is 5.19. The highest BCUT2D eigenvalue weighted by Gasteiger charge is 2.20. The van der Waals surface area contributed by atoms with Crippen molar-refractivity contribution in [1.82, 2.24) is 4.98 Å². The minimum Gasteiger partial charge on any atom is -0.284 e. The molecule has 0 saturated carbocycles. The summed E-state index contributed by atoms with van der Waals surface area (Å²) in [5.74, 6) is 0. The van der Waals surface area contributed by atoms with E-state index in [2.05, 4.69) is 40.9 Å². The fourth-order valence-corrected chi connectivity index (χ4v) is 4.88. The Hall–Kier alpha value is -2.44. The highest BCUT2D eigenvalue weighted by atomic mass is 32.2. The first-order chi connectivity index (χ1) is 12.9. The number of fused-ring (bicyclic) bond motifs is 2.